The summed E-state index contributed by atoms with van der Waals surface area (Å²) >= 11 is 14.6. The van der Waals surface area contributed by atoms with Crippen molar-refractivity contribution in [3.63, 3.8) is 0 Å². The maximum absolute atomic E-state index is 5.76. The summed E-state index contributed by atoms with van der Waals surface area (Å²) in [6.07, 6.45) is 0. The van der Waals surface area contributed by atoms with Gasteiger partial charge in [-0.2, -0.15) is 0 Å². The second-order valence-corrected chi connectivity index (χ2v) is 4.37. The zero-order chi connectivity index (χ0) is 11.3. The highest BCUT2D eigenvalue weighted by Crippen LogP contribution is 2.28. The van der Waals surface area contributed by atoms with Crippen LogP contribution in [0.4, 0.5) is 5.69 Å². The minimum absolute atomic E-state index is 0.470. The van der Waals surface area contributed by atoms with Crippen LogP contribution in [-0.2, 0) is 0 Å². The van der Waals surface area contributed by atoms with E-state index >= 15 is 0 Å². The molecule has 0 saturated carbocycles. The van der Waals surface area contributed by atoms with E-state index in [1.54, 1.807) is 7.11 Å². The standard InChI is InChI=1S/C10H10BrCl2NO/c1-15-10-3-2-7(11)4-9(10)14-6-8(13)5-12/h2-5,14H,6H2,1H3. The predicted octanol–water partition coefficient (Wildman–Crippen LogP) is 4.19. The molecule has 0 aliphatic carbocycles. The maximum atomic E-state index is 5.76. The van der Waals surface area contributed by atoms with Gasteiger partial charge in [0.2, 0.25) is 0 Å². The van der Waals surface area contributed by atoms with Crippen molar-refractivity contribution in [1.29, 1.82) is 0 Å². The second-order valence-electron chi connectivity index (χ2n) is 2.75. The van der Waals surface area contributed by atoms with Crippen LogP contribution in [0.15, 0.2) is 33.2 Å². The number of rotatable bonds is 4. The monoisotopic (exact) mass is 309 g/mol. The molecule has 0 atom stereocenters. The molecule has 2 nitrogen and oxygen atoms in total. The van der Waals surface area contributed by atoms with Gasteiger partial charge in [-0.15, -0.1) is 0 Å². The van der Waals surface area contributed by atoms with Gasteiger partial charge in [0.15, 0.2) is 0 Å². The number of hydrogen-bond acceptors (Lipinski definition) is 2. The molecule has 0 aromatic heterocycles. The summed E-state index contributed by atoms with van der Waals surface area (Å²) in [6, 6.07) is 5.69. The van der Waals surface area contributed by atoms with Crippen molar-refractivity contribution in [1.82, 2.24) is 0 Å². The van der Waals surface area contributed by atoms with Gasteiger partial charge < -0.3 is 10.1 Å². The van der Waals surface area contributed by atoms with Crippen LogP contribution >= 0.6 is 39.1 Å². The van der Waals surface area contributed by atoms with E-state index in [1.807, 2.05) is 18.2 Å². The molecular formula is C10H10BrCl2NO. The van der Waals surface area contributed by atoms with Crippen molar-refractivity contribution in [3.05, 3.63) is 33.2 Å². The largest absolute Gasteiger partial charge is 0.495 e. The molecule has 15 heavy (non-hydrogen) atoms. The van der Waals surface area contributed by atoms with Gasteiger partial charge in [0, 0.05) is 15.0 Å². The first-order chi connectivity index (χ1) is 7.17. The summed E-state index contributed by atoms with van der Waals surface area (Å²) in [5, 5.41) is 3.66. The van der Waals surface area contributed by atoms with E-state index in [-0.39, 0.29) is 0 Å². The number of ether oxygens (including phenoxy) is 1. The van der Waals surface area contributed by atoms with Gasteiger partial charge in [0.25, 0.3) is 0 Å². The first kappa shape index (κ1) is 12.7. The Hall–Kier alpha value is -0.380. The second kappa shape index (κ2) is 6.26. The summed E-state index contributed by atoms with van der Waals surface area (Å²) in [5.41, 5.74) is 2.20. The minimum atomic E-state index is 0.470. The van der Waals surface area contributed by atoms with Crippen molar-refractivity contribution in [2.45, 2.75) is 0 Å². The van der Waals surface area contributed by atoms with Crippen LogP contribution in [0.2, 0.25) is 0 Å². The van der Waals surface area contributed by atoms with Crippen LogP contribution in [0.1, 0.15) is 0 Å². The molecule has 0 spiro atoms. The Labute approximate surface area is 107 Å². The van der Waals surface area contributed by atoms with Crippen LogP contribution in [0.5, 0.6) is 5.75 Å². The molecule has 0 radical (unpaired) electrons. The van der Waals surface area contributed by atoms with E-state index in [0.717, 1.165) is 15.9 Å². The van der Waals surface area contributed by atoms with Gasteiger partial charge in [-0.05, 0) is 18.2 Å². The SMILES string of the molecule is COc1ccc(Br)cc1NCC(Cl)=CCl. The van der Waals surface area contributed by atoms with E-state index in [4.69, 9.17) is 27.9 Å². The van der Waals surface area contributed by atoms with Crippen LogP contribution in [0.3, 0.4) is 0 Å². The average Bonchev–Trinajstić information content (AvgIpc) is 2.26. The number of methoxy groups -OCH3 is 1. The minimum Gasteiger partial charge on any atom is -0.495 e. The number of benzene rings is 1. The molecule has 1 aromatic carbocycles. The molecule has 0 unspecified atom stereocenters. The number of anilines is 1. The van der Waals surface area contributed by atoms with Crippen molar-refractivity contribution in [2.75, 3.05) is 19.0 Å². The highest BCUT2D eigenvalue weighted by molar-refractivity contribution is 9.10. The lowest BCUT2D eigenvalue weighted by atomic mass is 10.3. The Bertz CT molecular complexity index is 368. The molecule has 1 aromatic rings. The maximum Gasteiger partial charge on any atom is 0.142 e. The zero-order valence-corrected chi connectivity index (χ0v) is 11.2. The van der Waals surface area contributed by atoms with Gasteiger partial charge >= 0.3 is 0 Å². The molecule has 1 rings (SSSR count). The molecule has 0 aliphatic rings. The van der Waals surface area contributed by atoms with Gasteiger partial charge in [-0.25, -0.2) is 0 Å². The third-order valence-electron chi connectivity index (χ3n) is 1.73. The van der Waals surface area contributed by atoms with Gasteiger partial charge in [-0.1, -0.05) is 39.1 Å². The topological polar surface area (TPSA) is 21.3 Å². The van der Waals surface area contributed by atoms with Crippen molar-refractivity contribution < 1.29 is 4.74 Å². The Morgan fingerprint density at radius 3 is 2.93 bits per heavy atom. The first-order valence-corrected chi connectivity index (χ1v) is 5.80. The molecule has 0 fully saturated rings. The van der Waals surface area contributed by atoms with Crippen LogP contribution in [-0.4, -0.2) is 13.7 Å². The summed E-state index contributed by atoms with van der Waals surface area (Å²) in [6.45, 7) is 0.470. The molecular weight excluding hydrogens is 301 g/mol. The lowest BCUT2D eigenvalue weighted by Crippen LogP contribution is -2.02. The van der Waals surface area contributed by atoms with Crippen LogP contribution < -0.4 is 10.1 Å². The van der Waals surface area contributed by atoms with E-state index in [0.29, 0.717) is 11.6 Å². The molecule has 0 amide bonds. The average molecular weight is 311 g/mol. The van der Waals surface area contributed by atoms with Gasteiger partial charge in [-0.3, -0.25) is 0 Å². The fourth-order valence-corrected chi connectivity index (χ4v) is 1.54. The van der Waals surface area contributed by atoms with Crippen LogP contribution in [0.25, 0.3) is 0 Å². The fourth-order valence-electron chi connectivity index (χ4n) is 1.04. The third kappa shape index (κ3) is 3.93. The third-order valence-corrected chi connectivity index (χ3v) is 2.84. The normalized spacial score (nSPS) is 11.3. The molecule has 5 heteroatoms. The Balaban J connectivity index is 2.78. The fraction of sp³-hybridized carbons (Fsp3) is 0.200. The summed E-state index contributed by atoms with van der Waals surface area (Å²) < 4.78 is 6.16. The van der Waals surface area contributed by atoms with E-state index in [9.17, 15) is 0 Å². The highest BCUT2D eigenvalue weighted by atomic mass is 79.9. The van der Waals surface area contributed by atoms with Gasteiger partial charge in [0.05, 0.1) is 19.3 Å². The predicted molar refractivity (Wildman–Crippen MR) is 69.0 cm³/mol. The number of halogens is 3. The van der Waals surface area contributed by atoms with Crippen molar-refractivity contribution in [2.24, 2.45) is 0 Å². The zero-order valence-electron chi connectivity index (χ0n) is 8.06. The number of nitrogens with one attached hydrogen (secondary N) is 1. The summed E-state index contributed by atoms with van der Waals surface area (Å²) in [4.78, 5) is 0. The smallest absolute Gasteiger partial charge is 0.142 e. The molecule has 0 bridgehead atoms. The Morgan fingerprint density at radius 1 is 1.60 bits per heavy atom. The van der Waals surface area contributed by atoms with Crippen molar-refractivity contribution in [3.8, 4) is 5.75 Å². The van der Waals surface area contributed by atoms with E-state index in [1.165, 1.54) is 5.54 Å². The Morgan fingerprint density at radius 2 is 2.33 bits per heavy atom. The molecule has 82 valence electrons. The Kier molecular flexibility index (Phi) is 5.29. The van der Waals surface area contributed by atoms with E-state index in [2.05, 4.69) is 21.2 Å². The lowest BCUT2D eigenvalue weighted by Gasteiger charge is -2.10. The lowest BCUT2D eigenvalue weighted by molar-refractivity contribution is 0.416. The molecule has 0 saturated heterocycles. The molecule has 0 heterocycles. The summed E-state index contributed by atoms with van der Waals surface area (Å²) in [7, 11) is 1.62. The summed E-state index contributed by atoms with van der Waals surface area (Å²) in [5.74, 6) is 0.761. The molecule has 1 N–H and O–H groups in total. The van der Waals surface area contributed by atoms with Crippen molar-refractivity contribution >= 4 is 44.8 Å². The van der Waals surface area contributed by atoms with Gasteiger partial charge in [0.1, 0.15) is 5.75 Å². The quantitative estimate of drug-likeness (QED) is 0.900. The molecule has 0 aliphatic heterocycles. The van der Waals surface area contributed by atoms with Crippen LogP contribution in [0, 0.1) is 0 Å². The number of hydrogen-bond donors (Lipinski definition) is 1. The highest BCUT2D eigenvalue weighted by Gasteiger charge is 2.03. The van der Waals surface area contributed by atoms with E-state index < -0.39 is 0 Å². The first-order valence-electron chi connectivity index (χ1n) is 4.19.